The van der Waals surface area contributed by atoms with Crippen LogP contribution >= 0.6 is 24.3 Å². The highest BCUT2D eigenvalue weighted by Crippen LogP contribution is 2.57. The van der Waals surface area contributed by atoms with Crippen LogP contribution in [0.15, 0.2) is 53.0 Å². The van der Waals surface area contributed by atoms with Crippen LogP contribution in [0.2, 0.25) is 0 Å². The smallest absolute Gasteiger partial charge is 0.183 e. The van der Waals surface area contributed by atoms with Gasteiger partial charge in [0.25, 0.3) is 0 Å². The van der Waals surface area contributed by atoms with Gasteiger partial charge in [-0.25, -0.2) is 0 Å². The summed E-state index contributed by atoms with van der Waals surface area (Å²) < 4.78 is 13.0. The molecule has 5 heteroatoms. The number of hydrogen-bond acceptors (Lipinski definition) is 3. The van der Waals surface area contributed by atoms with Crippen molar-refractivity contribution in [2.75, 3.05) is 25.6 Å². The van der Waals surface area contributed by atoms with Crippen LogP contribution in [0.25, 0.3) is 0 Å². The highest BCUT2D eigenvalue weighted by Gasteiger charge is 2.29. The Morgan fingerprint density at radius 2 is 1.70 bits per heavy atom. The van der Waals surface area contributed by atoms with Crippen molar-refractivity contribution >= 4 is 30.0 Å². The minimum atomic E-state index is -1.07. The van der Waals surface area contributed by atoms with E-state index in [1.807, 2.05) is 33.0 Å². The summed E-state index contributed by atoms with van der Waals surface area (Å²) in [6, 6.07) is 16.7. The number of hydrogen-bond donors (Lipinski definition) is 1. The molecule has 1 atom stereocenters. The molecule has 0 bridgehead atoms. The zero-order valence-electron chi connectivity index (χ0n) is 13.8. The lowest BCUT2D eigenvalue weighted by molar-refractivity contribution is 0.265. The molecule has 3 nitrogen and oxygen atoms in total. The first-order valence-corrected chi connectivity index (χ1v) is 9.82. The summed E-state index contributed by atoms with van der Waals surface area (Å²) in [6.07, 6.45) is 0. The van der Waals surface area contributed by atoms with E-state index in [9.17, 15) is 0 Å². The third kappa shape index (κ3) is 4.77. The molecule has 0 saturated carbocycles. The number of benzene rings is 2. The molecule has 2 aromatic carbocycles. The summed E-state index contributed by atoms with van der Waals surface area (Å²) in [6.45, 7) is 5.29. The summed E-state index contributed by atoms with van der Waals surface area (Å²) in [5, 5.41) is 3.29. The second kappa shape index (κ2) is 9.39. The van der Waals surface area contributed by atoms with Crippen molar-refractivity contribution in [3.8, 4) is 0 Å². The molecular weight excluding hydrogens is 373 g/mol. The molecule has 0 fully saturated rings. The second-order valence-electron chi connectivity index (χ2n) is 4.92. The van der Waals surface area contributed by atoms with E-state index in [-0.39, 0.29) is 5.66 Å². The average molecular weight is 396 g/mol. The maximum Gasteiger partial charge on any atom is 0.183 e. The van der Waals surface area contributed by atoms with Crippen LogP contribution in [0.5, 0.6) is 0 Å². The molecule has 2 rings (SSSR count). The summed E-state index contributed by atoms with van der Waals surface area (Å²) >= 11 is 3.59. The molecule has 1 N–H and O–H groups in total. The average Bonchev–Trinajstić information content (AvgIpc) is 2.57. The van der Waals surface area contributed by atoms with Crippen molar-refractivity contribution in [1.82, 2.24) is 0 Å². The number of rotatable bonds is 8. The second-order valence-corrected chi connectivity index (χ2v) is 7.43. The minimum Gasteiger partial charge on any atom is -0.388 e. The van der Waals surface area contributed by atoms with Crippen LogP contribution < -0.4 is 5.32 Å². The molecule has 0 aliphatic carbocycles. The van der Waals surface area contributed by atoms with E-state index >= 15 is 0 Å². The molecule has 0 spiro atoms. The van der Waals surface area contributed by atoms with Gasteiger partial charge in [0.15, 0.2) is 8.38 Å². The van der Waals surface area contributed by atoms with Crippen LogP contribution in [0.3, 0.4) is 0 Å². The Morgan fingerprint density at radius 3 is 2.26 bits per heavy atom. The standard InChI is InChI=1S/C18H23BrNO2P/c1-4-21-23(22-5-2)18(14-9-7-6-8-10-14)16-13-15(19)11-12-17(16)20-3/h6-13,18,20H,4-5H2,1-3H3. The predicted molar refractivity (Wildman–Crippen MR) is 102 cm³/mol. The van der Waals surface area contributed by atoms with Crippen LogP contribution in [0.4, 0.5) is 5.69 Å². The van der Waals surface area contributed by atoms with E-state index in [4.69, 9.17) is 9.05 Å². The topological polar surface area (TPSA) is 30.5 Å². The summed E-state index contributed by atoms with van der Waals surface area (Å²) in [5.74, 6) is 0. The molecule has 0 amide bonds. The lowest BCUT2D eigenvalue weighted by Gasteiger charge is -2.28. The SMILES string of the molecule is CCOP(OCC)C(c1ccccc1)c1cc(Br)ccc1NC. The van der Waals surface area contributed by atoms with Crippen LogP contribution in [-0.2, 0) is 9.05 Å². The van der Waals surface area contributed by atoms with Gasteiger partial charge in [-0.1, -0.05) is 46.3 Å². The van der Waals surface area contributed by atoms with Crippen LogP contribution in [-0.4, -0.2) is 20.3 Å². The fraction of sp³-hybridized carbons (Fsp3) is 0.333. The zero-order chi connectivity index (χ0) is 16.7. The van der Waals surface area contributed by atoms with Crippen molar-refractivity contribution < 1.29 is 9.05 Å². The maximum absolute atomic E-state index is 5.99. The molecule has 1 unspecified atom stereocenters. The van der Waals surface area contributed by atoms with E-state index < -0.39 is 8.38 Å². The summed E-state index contributed by atoms with van der Waals surface area (Å²) in [5.41, 5.74) is 3.54. The Hall–Kier alpha value is -0.930. The first-order valence-electron chi connectivity index (χ1n) is 7.78. The molecule has 124 valence electrons. The Kier molecular flexibility index (Phi) is 7.51. The fourth-order valence-corrected chi connectivity index (χ4v) is 4.60. The zero-order valence-corrected chi connectivity index (χ0v) is 16.2. The largest absolute Gasteiger partial charge is 0.388 e. The molecule has 0 aliphatic heterocycles. The third-order valence-electron chi connectivity index (χ3n) is 3.42. The van der Waals surface area contributed by atoms with Gasteiger partial charge in [-0.3, -0.25) is 0 Å². The van der Waals surface area contributed by atoms with Gasteiger partial charge in [-0.15, -0.1) is 0 Å². The molecule has 0 aromatic heterocycles. The Balaban J connectivity index is 2.55. The van der Waals surface area contributed by atoms with Gasteiger partial charge in [0.05, 0.1) is 18.9 Å². The van der Waals surface area contributed by atoms with Crippen LogP contribution in [0, 0.1) is 0 Å². The molecule has 0 heterocycles. The van der Waals surface area contributed by atoms with E-state index in [0.717, 1.165) is 10.2 Å². The molecular formula is C18H23BrNO2P. The van der Waals surface area contributed by atoms with Gasteiger partial charge in [0.1, 0.15) is 0 Å². The van der Waals surface area contributed by atoms with Gasteiger partial charge in [-0.2, -0.15) is 0 Å². The third-order valence-corrected chi connectivity index (χ3v) is 5.93. The predicted octanol–water partition coefficient (Wildman–Crippen LogP) is 5.97. The maximum atomic E-state index is 5.99. The molecule has 0 radical (unpaired) electrons. The van der Waals surface area contributed by atoms with Crippen molar-refractivity contribution in [1.29, 1.82) is 0 Å². The Morgan fingerprint density at radius 1 is 1.04 bits per heavy atom. The van der Waals surface area contributed by atoms with Crippen molar-refractivity contribution in [3.63, 3.8) is 0 Å². The van der Waals surface area contributed by atoms with E-state index in [1.54, 1.807) is 0 Å². The normalized spacial score (nSPS) is 12.4. The molecule has 0 saturated heterocycles. The highest BCUT2D eigenvalue weighted by molar-refractivity contribution is 9.10. The number of halogens is 1. The Labute approximate surface area is 148 Å². The van der Waals surface area contributed by atoms with Gasteiger partial charge >= 0.3 is 0 Å². The van der Waals surface area contributed by atoms with Crippen molar-refractivity contribution in [3.05, 3.63) is 64.1 Å². The number of nitrogens with one attached hydrogen (secondary N) is 1. The quantitative estimate of drug-likeness (QED) is 0.558. The lowest BCUT2D eigenvalue weighted by atomic mass is 10.0. The fourth-order valence-electron chi connectivity index (χ4n) is 2.48. The Bertz CT molecular complexity index is 603. The lowest BCUT2D eigenvalue weighted by Crippen LogP contribution is -2.07. The monoisotopic (exact) mass is 395 g/mol. The van der Waals surface area contributed by atoms with Crippen molar-refractivity contribution in [2.24, 2.45) is 0 Å². The van der Waals surface area contributed by atoms with E-state index in [0.29, 0.717) is 13.2 Å². The number of anilines is 1. The van der Waals surface area contributed by atoms with Crippen LogP contribution in [0.1, 0.15) is 30.6 Å². The van der Waals surface area contributed by atoms with Gasteiger partial charge < -0.3 is 14.4 Å². The molecule has 2 aromatic rings. The summed E-state index contributed by atoms with van der Waals surface area (Å²) in [4.78, 5) is 0. The summed E-state index contributed by atoms with van der Waals surface area (Å²) in [7, 11) is 0.871. The van der Waals surface area contributed by atoms with Gasteiger partial charge in [0, 0.05) is 17.2 Å². The van der Waals surface area contributed by atoms with E-state index in [1.165, 1.54) is 11.1 Å². The van der Waals surface area contributed by atoms with E-state index in [2.05, 4.69) is 57.6 Å². The minimum absolute atomic E-state index is 0.0612. The van der Waals surface area contributed by atoms with Gasteiger partial charge in [-0.05, 0) is 43.2 Å². The first kappa shape index (κ1) is 18.4. The first-order chi connectivity index (χ1) is 11.2. The highest BCUT2D eigenvalue weighted by atomic mass is 79.9. The van der Waals surface area contributed by atoms with Gasteiger partial charge in [0.2, 0.25) is 0 Å². The molecule has 0 aliphatic rings. The molecule has 23 heavy (non-hydrogen) atoms. The van der Waals surface area contributed by atoms with Crippen molar-refractivity contribution in [2.45, 2.75) is 19.5 Å².